The number of carbonyl (C=O) groups is 2. The SMILES string of the molecule is CCN(CCNC(=NC)NCC1CC(=O)Nc2ccccc21)C(=O)OC(C)(C)C.I. The molecule has 3 N–H and O–H groups in total. The summed E-state index contributed by atoms with van der Waals surface area (Å²) in [6.45, 7) is 9.67. The fourth-order valence-electron chi connectivity index (χ4n) is 3.14. The number of ether oxygens (including phenoxy) is 1. The Bertz CT molecular complexity index is 748. The molecule has 2 rings (SSSR count). The summed E-state index contributed by atoms with van der Waals surface area (Å²) in [7, 11) is 1.70. The second-order valence-corrected chi connectivity index (χ2v) is 7.98. The van der Waals surface area contributed by atoms with E-state index in [9.17, 15) is 9.59 Å². The van der Waals surface area contributed by atoms with Crippen molar-refractivity contribution in [1.29, 1.82) is 0 Å². The lowest BCUT2D eigenvalue weighted by atomic mass is 9.90. The van der Waals surface area contributed by atoms with Crippen LogP contribution in [0.15, 0.2) is 29.3 Å². The van der Waals surface area contributed by atoms with Crippen LogP contribution < -0.4 is 16.0 Å². The number of para-hydroxylation sites is 1. The van der Waals surface area contributed by atoms with Gasteiger partial charge in [-0.2, -0.15) is 0 Å². The Balaban J connectivity index is 0.00000450. The minimum absolute atomic E-state index is 0. The molecule has 0 bridgehead atoms. The van der Waals surface area contributed by atoms with Gasteiger partial charge >= 0.3 is 6.09 Å². The second-order valence-electron chi connectivity index (χ2n) is 7.98. The quantitative estimate of drug-likeness (QED) is 0.298. The Morgan fingerprint density at radius 1 is 1.30 bits per heavy atom. The van der Waals surface area contributed by atoms with Crippen molar-refractivity contribution in [1.82, 2.24) is 15.5 Å². The van der Waals surface area contributed by atoms with Gasteiger partial charge in [-0.3, -0.25) is 9.79 Å². The molecule has 1 heterocycles. The van der Waals surface area contributed by atoms with E-state index in [4.69, 9.17) is 4.74 Å². The van der Waals surface area contributed by atoms with Gasteiger partial charge in [-0.15, -0.1) is 24.0 Å². The highest BCUT2D eigenvalue weighted by Gasteiger charge is 2.25. The van der Waals surface area contributed by atoms with Gasteiger partial charge in [-0.05, 0) is 39.3 Å². The molecule has 0 fully saturated rings. The van der Waals surface area contributed by atoms with Crippen molar-refractivity contribution in [3.63, 3.8) is 0 Å². The van der Waals surface area contributed by atoms with Crippen LogP contribution in [0.4, 0.5) is 10.5 Å². The molecule has 1 aliphatic rings. The van der Waals surface area contributed by atoms with Gasteiger partial charge in [-0.1, -0.05) is 18.2 Å². The van der Waals surface area contributed by atoms with Gasteiger partial charge < -0.3 is 25.6 Å². The number of guanidine groups is 1. The van der Waals surface area contributed by atoms with Gasteiger partial charge in [0.25, 0.3) is 0 Å². The summed E-state index contributed by atoms with van der Waals surface area (Å²) in [5, 5.41) is 9.41. The fraction of sp³-hybridized carbons (Fsp3) is 0.571. The summed E-state index contributed by atoms with van der Waals surface area (Å²) in [6, 6.07) is 7.85. The highest BCUT2D eigenvalue weighted by molar-refractivity contribution is 14.0. The highest BCUT2D eigenvalue weighted by atomic mass is 127. The number of hydrogen-bond acceptors (Lipinski definition) is 4. The van der Waals surface area contributed by atoms with E-state index in [1.807, 2.05) is 52.0 Å². The zero-order valence-electron chi connectivity index (χ0n) is 18.4. The van der Waals surface area contributed by atoms with Crippen molar-refractivity contribution in [2.75, 3.05) is 38.5 Å². The first kappa shape index (κ1) is 26.0. The molecule has 1 aromatic carbocycles. The summed E-state index contributed by atoms with van der Waals surface area (Å²) in [5.41, 5.74) is 1.48. The lowest BCUT2D eigenvalue weighted by molar-refractivity contribution is -0.116. The number of aliphatic imine (C=N–C) groups is 1. The molecule has 9 heteroatoms. The molecule has 1 aliphatic heterocycles. The highest BCUT2D eigenvalue weighted by Crippen LogP contribution is 2.31. The number of amides is 2. The minimum Gasteiger partial charge on any atom is -0.444 e. The van der Waals surface area contributed by atoms with Crippen LogP contribution in [0, 0.1) is 0 Å². The predicted octanol–water partition coefficient (Wildman–Crippen LogP) is 3.15. The fourth-order valence-corrected chi connectivity index (χ4v) is 3.14. The van der Waals surface area contributed by atoms with Gasteiger partial charge in [-0.25, -0.2) is 4.79 Å². The van der Waals surface area contributed by atoms with Crippen LogP contribution in [0.25, 0.3) is 0 Å². The molecule has 0 saturated heterocycles. The van der Waals surface area contributed by atoms with Crippen molar-refractivity contribution in [2.24, 2.45) is 4.99 Å². The number of anilines is 1. The molecule has 8 nitrogen and oxygen atoms in total. The van der Waals surface area contributed by atoms with Crippen molar-refractivity contribution in [2.45, 2.75) is 45.6 Å². The van der Waals surface area contributed by atoms with Crippen LogP contribution in [0.3, 0.4) is 0 Å². The van der Waals surface area contributed by atoms with Crippen molar-refractivity contribution in [3.05, 3.63) is 29.8 Å². The maximum atomic E-state index is 12.2. The average Bonchev–Trinajstić information content (AvgIpc) is 2.65. The first-order chi connectivity index (χ1) is 13.7. The van der Waals surface area contributed by atoms with Crippen molar-refractivity contribution in [3.8, 4) is 0 Å². The summed E-state index contributed by atoms with van der Waals surface area (Å²) in [4.78, 5) is 30.0. The monoisotopic (exact) mass is 531 g/mol. The topological polar surface area (TPSA) is 95.1 Å². The predicted molar refractivity (Wildman–Crippen MR) is 131 cm³/mol. The largest absolute Gasteiger partial charge is 0.444 e. The third-order valence-corrected chi connectivity index (χ3v) is 4.55. The molecular formula is C21H34IN5O3. The zero-order valence-corrected chi connectivity index (χ0v) is 20.8. The van der Waals surface area contributed by atoms with Gasteiger partial charge in [0.1, 0.15) is 5.60 Å². The van der Waals surface area contributed by atoms with Crippen LogP contribution in [-0.4, -0.2) is 61.7 Å². The lowest BCUT2D eigenvalue weighted by Gasteiger charge is -2.27. The number of carbonyl (C=O) groups excluding carboxylic acids is 2. The molecule has 0 spiro atoms. The second kappa shape index (κ2) is 12.0. The first-order valence-corrected chi connectivity index (χ1v) is 10.0. The number of hydrogen-bond donors (Lipinski definition) is 3. The Hall–Kier alpha value is -2.04. The number of nitrogens with one attached hydrogen (secondary N) is 3. The maximum Gasteiger partial charge on any atom is 0.410 e. The molecule has 0 saturated carbocycles. The average molecular weight is 531 g/mol. The maximum absolute atomic E-state index is 12.2. The Morgan fingerprint density at radius 3 is 2.63 bits per heavy atom. The van der Waals surface area contributed by atoms with Crippen LogP contribution in [-0.2, 0) is 9.53 Å². The van der Waals surface area contributed by atoms with E-state index in [1.165, 1.54) is 0 Å². The third kappa shape index (κ3) is 8.00. The number of likely N-dealkylation sites (N-methyl/N-ethyl adjacent to an activating group) is 1. The van der Waals surface area contributed by atoms with Gasteiger partial charge in [0.2, 0.25) is 5.91 Å². The first-order valence-electron chi connectivity index (χ1n) is 10.0. The molecule has 0 radical (unpaired) electrons. The molecule has 30 heavy (non-hydrogen) atoms. The summed E-state index contributed by atoms with van der Waals surface area (Å²) < 4.78 is 5.42. The van der Waals surface area contributed by atoms with E-state index in [1.54, 1.807) is 11.9 Å². The van der Waals surface area contributed by atoms with Crippen LogP contribution in [0.5, 0.6) is 0 Å². The van der Waals surface area contributed by atoms with E-state index in [0.29, 0.717) is 38.6 Å². The number of fused-ring (bicyclic) bond motifs is 1. The minimum atomic E-state index is -0.516. The molecule has 2 amide bonds. The van der Waals surface area contributed by atoms with Crippen molar-refractivity contribution < 1.29 is 14.3 Å². The smallest absolute Gasteiger partial charge is 0.410 e. The molecular weight excluding hydrogens is 497 g/mol. The van der Waals surface area contributed by atoms with E-state index in [-0.39, 0.29) is 41.9 Å². The summed E-state index contributed by atoms with van der Waals surface area (Å²) in [5.74, 6) is 0.732. The van der Waals surface area contributed by atoms with Crippen LogP contribution in [0.2, 0.25) is 0 Å². The van der Waals surface area contributed by atoms with Gasteiger partial charge in [0, 0.05) is 51.3 Å². The number of rotatable bonds is 6. The Labute approximate surface area is 196 Å². The molecule has 0 aromatic heterocycles. The standard InChI is InChI=1S/C21H33N5O3.HI/c1-6-26(20(28)29-21(2,3)4)12-11-23-19(22-5)24-14-15-13-18(27)25-17-10-8-7-9-16(15)17;/h7-10,15H,6,11-14H2,1-5H3,(H,25,27)(H2,22,23,24);1H. The normalized spacial score (nSPS) is 16.0. The molecule has 1 unspecified atom stereocenters. The number of halogens is 1. The number of benzene rings is 1. The van der Waals surface area contributed by atoms with E-state index >= 15 is 0 Å². The van der Waals surface area contributed by atoms with E-state index < -0.39 is 5.60 Å². The van der Waals surface area contributed by atoms with Gasteiger partial charge in [0.05, 0.1) is 0 Å². The molecule has 168 valence electrons. The van der Waals surface area contributed by atoms with E-state index in [2.05, 4.69) is 20.9 Å². The molecule has 0 aliphatic carbocycles. The molecule has 1 atom stereocenters. The zero-order chi connectivity index (χ0) is 21.4. The number of nitrogens with zero attached hydrogens (tertiary/aromatic N) is 2. The van der Waals surface area contributed by atoms with Gasteiger partial charge in [0.15, 0.2) is 5.96 Å². The third-order valence-electron chi connectivity index (χ3n) is 4.55. The lowest BCUT2D eigenvalue weighted by Crippen LogP contribution is -2.45. The Morgan fingerprint density at radius 2 is 2.00 bits per heavy atom. The molecule has 1 aromatic rings. The van der Waals surface area contributed by atoms with E-state index in [0.717, 1.165) is 11.3 Å². The van der Waals surface area contributed by atoms with Crippen LogP contribution in [0.1, 0.15) is 45.6 Å². The van der Waals surface area contributed by atoms with Crippen molar-refractivity contribution >= 4 is 47.6 Å². The summed E-state index contributed by atoms with van der Waals surface area (Å²) >= 11 is 0. The summed E-state index contributed by atoms with van der Waals surface area (Å²) in [6.07, 6.45) is 0.109. The van der Waals surface area contributed by atoms with Crippen LogP contribution >= 0.6 is 24.0 Å². The Kier molecular flexibility index (Phi) is 10.4.